The predicted octanol–water partition coefficient (Wildman–Crippen LogP) is 0.701. The number of anilines is 1. The molecule has 1 unspecified atom stereocenters. The van der Waals surface area contributed by atoms with Crippen LogP contribution in [0.1, 0.15) is 13.8 Å². The zero-order valence-corrected chi connectivity index (χ0v) is 8.90. The molecule has 1 saturated heterocycles. The third-order valence-corrected chi connectivity index (χ3v) is 2.69. The zero-order chi connectivity index (χ0) is 9.97. The predicted molar refractivity (Wildman–Crippen MR) is 57.6 cm³/mol. The van der Waals surface area contributed by atoms with Crippen molar-refractivity contribution in [3.63, 3.8) is 0 Å². The summed E-state index contributed by atoms with van der Waals surface area (Å²) in [4.78, 5) is 6.76. The number of rotatable bonds is 2. The molecule has 1 aromatic heterocycles. The van der Waals surface area contributed by atoms with Crippen molar-refractivity contribution in [1.82, 2.24) is 14.9 Å². The maximum Gasteiger partial charge on any atom is 0.205 e. The molecular weight excluding hydrogens is 176 g/mol. The second kappa shape index (κ2) is 4.00. The number of hydrogen-bond donors (Lipinski definition) is 1. The Morgan fingerprint density at radius 1 is 1.64 bits per heavy atom. The van der Waals surface area contributed by atoms with E-state index in [2.05, 4.69) is 33.6 Å². The lowest BCUT2D eigenvalue weighted by atomic mass is 10.2. The summed E-state index contributed by atoms with van der Waals surface area (Å²) in [6, 6.07) is 0.561. The largest absolute Gasteiger partial charge is 0.339 e. The Morgan fingerprint density at radius 2 is 2.50 bits per heavy atom. The van der Waals surface area contributed by atoms with Gasteiger partial charge in [0.2, 0.25) is 5.95 Å². The van der Waals surface area contributed by atoms with Crippen LogP contribution in [0.25, 0.3) is 0 Å². The number of aromatic nitrogens is 2. The van der Waals surface area contributed by atoms with Gasteiger partial charge in [-0.1, -0.05) is 0 Å². The Balaban J connectivity index is 2.13. The molecule has 0 aromatic carbocycles. The highest BCUT2D eigenvalue weighted by Crippen LogP contribution is 2.13. The summed E-state index contributed by atoms with van der Waals surface area (Å²) in [6.45, 7) is 8.52. The van der Waals surface area contributed by atoms with Crippen LogP contribution in [-0.2, 0) is 6.54 Å². The molecule has 1 aromatic rings. The molecule has 0 bridgehead atoms. The first-order chi connectivity index (χ1) is 6.81. The summed E-state index contributed by atoms with van der Waals surface area (Å²) < 4.78 is 2.19. The minimum Gasteiger partial charge on any atom is -0.339 e. The second-order valence-corrected chi connectivity index (χ2v) is 3.81. The maximum atomic E-state index is 4.41. The molecule has 2 rings (SSSR count). The summed E-state index contributed by atoms with van der Waals surface area (Å²) in [5.41, 5.74) is 0. The summed E-state index contributed by atoms with van der Waals surface area (Å²) in [7, 11) is 0. The number of aryl methyl sites for hydroxylation is 1. The SMILES string of the molecule is CCn1ccnc1N1CCNC(C)C1. The van der Waals surface area contributed by atoms with E-state index in [4.69, 9.17) is 0 Å². The summed E-state index contributed by atoms with van der Waals surface area (Å²) >= 11 is 0. The normalized spacial score (nSPS) is 22.7. The van der Waals surface area contributed by atoms with Crippen LogP contribution in [0.4, 0.5) is 5.95 Å². The molecule has 78 valence electrons. The first-order valence-corrected chi connectivity index (χ1v) is 5.30. The monoisotopic (exact) mass is 194 g/mol. The molecule has 1 aliphatic rings. The fraction of sp³-hybridized carbons (Fsp3) is 0.700. The molecule has 2 heterocycles. The van der Waals surface area contributed by atoms with E-state index in [1.165, 1.54) is 0 Å². The standard InChI is InChI=1S/C10H18N4/c1-3-13-6-5-12-10(13)14-7-4-11-9(2)8-14/h5-6,9,11H,3-4,7-8H2,1-2H3. The van der Waals surface area contributed by atoms with Crippen LogP contribution in [0, 0.1) is 0 Å². The van der Waals surface area contributed by atoms with E-state index in [0.29, 0.717) is 6.04 Å². The molecule has 0 spiro atoms. The van der Waals surface area contributed by atoms with Gasteiger partial charge < -0.3 is 14.8 Å². The summed E-state index contributed by atoms with van der Waals surface area (Å²) in [6.07, 6.45) is 3.92. The molecule has 0 saturated carbocycles. The zero-order valence-electron chi connectivity index (χ0n) is 8.90. The number of piperazine rings is 1. The van der Waals surface area contributed by atoms with Gasteiger partial charge >= 0.3 is 0 Å². The maximum absolute atomic E-state index is 4.41. The van der Waals surface area contributed by atoms with E-state index in [-0.39, 0.29) is 0 Å². The van der Waals surface area contributed by atoms with Crippen LogP contribution >= 0.6 is 0 Å². The second-order valence-electron chi connectivity index (χ2n) is 3.81. The van der Waals surface area contributed by atoms with Gasteiger partial charge in [0.1, 0.15) is 0 Å². The van der Waals surface area contributed by atoms with Crippen molar-refractivity contribution >= 4 is 5.95 Å². The van der Waals surface area contributed by atoms with Gasteiger partial charge in [0.15, 0.2) is 0 Å². The fourth-order valence-corrected chi connectivity index (χ4v) is 1.95. The van der Waals surface area contributed by atoms with E-state index in [1.807, 2.05) is 12.4 Å². The summed E-state index contributed by atoms with van der Waals surface area (Å²) in [5.74, 6) is 1.11. The summed E-state index contributed by atoms with van der Waals surface area (Å²) in [5, 5.41) is 3.43. The van der Waals surface area contributed by atoms with Crippen molar-refractivity contribution in [3.8, 4) is 0 Å². The quantitative estimate of drug-likeness (QED) is 0.752. The highest BCUT2D eigenvalue weighted by Gasteiger charge is 2.18. The lowest BCUT2D eigenvalue weighted by molar-refractivity contribution is 0.474. The highest BCUT2D eigenvalue weighted by molar-refractivity contribution is 5.32. The van der Waals surface area contributed by atoms with Gasteiger partial charge in [-0.25, -0.2) is 4.98 Å². The van der Waals surface area contributed by atoms with Crippen molar-refractivity contribution < 1.29 is 0 Å². The van der Waals surface area contributed by atoms with Gasteiger partial charge in [-0.15, -0.1) is 0 Å². The average molecular weight is 194 g/mol. The van der Waals surface area contributed by atoms with Crippen molar-refractivity contribution in [3.05, 3.63) is 12.4 Å². The van der Waals surface area contributed by atoms with E-state index >= 15 is 0 Å². The molecule has 4 heteroatoms. The van der Waals surface area contributed by atoms with Gasteiger partial charge in [0.05, 0.1) is 0 Å². The number of nitrogens with one attached hydrogen (secondary N) is 1. The van der Waals surface area contributed by atoms with Crippen molar-refractivity contribution in [1.29, 1.82) is 0 Å². The number of nitrogens with zero attached hydrogens (tertiary/aromatic N) is 3. The molecule has 14 heavy (non-hydrogen) atoms. The number of hydrogen-bond acceptors (Lipinski definition) is 3. The molecule has 0 aliphatic carbocycles. The third kappa shape index (κ3) is 1.75. The van der Waals surface area contributed by atoms with Crippen LogP contribution < -0.4 is 10.2 Å². The third-order valence-electron chi connectivity index (χ3n) is 2.69. The van der Waals surface area contributed by atoms with Gasteiger partial charge in [0, 0.05) is 44.6 Å². The van der Waals surface area contributed by atoms with Crippen molar-refractivity contribution in [2.24, 2.45) is 0 Å². The molecule has 4 nitrogen and oxygen atoms in total. The van der Waals surface area contributed by atoms with Crippen LogP contribution in [0.5, 0.6) is 0 Å². The minimum absolute atomic E-state index is 0.561. The van der Waals surface area contributed by atoms with Gasteiger partial charge in [0.25, 0.3) is 0 Å². The molecule has 1 atom stereocenters. The Bertz CT molecular complexity index is 294. The Kier molecular flexibility index (Phi) is 2.72. The molecule has 0 radical (unpaired) electrons. The Morgan fingerprint density at radius 3 is 3.21 bits per heavy atom. The van der Waals surface area contributed by atoms with Crippen LogP contribution in [0.2, 0.25) is 0 Å². The lowest BCUT2D eigenvalue weighted by Crippen LogP contribution is -2.50. The topological polar surface area (TPSA) is 33.1 Å². The van der Waals surface area contributed by atoms with Crippen molar-refractivity contribution in [2.45, 2.75) is 26.4 Å². The first-order valence-electron chi connectivity index (χ1n) is 5.30. The van der Waals surface area contributed by atoms with Crippen LogP contribution in [0.3, 0.4) is 0 Å². The molecule has 1 fully saturated rings. The fourth-order valence-electron chi connectivity index (χ4n) is 1.95. The van der Waals surface area contributed by atoms with Crippen LogP contribution in [-0.4, -0.2) is 35.2 Å². The van der Waals surface area contributed by atoms with E-state index in [1.54, 1.807) is 0 Å². The molecule has 1 N–H and O–H groups in total. The van der Waals surface area contributed by atoms with E-state index < -0.39 is 0 Å². The first kappa shape index (κ1) is 9.52. The molecule has 0 amide bonds. The Hall–Kier alpha value is -1.03. The smallest absolute Gasteiger partial charge is 0.205 e. The Labute approximate surface area is 84.9 Å². The van der Waals surface area contributed by atoms with E-state index in [0.717, 1.165) is 32.1 Å². The van der Waals surface area contributed by atoms with E-state index in [9.17, 15) is 0 Å². The lowest BCUT2D eigenvalue weighted by Gasteiger charge is -2.32. The molecule has 1 aliphatic heterocycles. The van der Waals surface area contributed by atoms with Crippen LogP contribution in [0.15, 0.2) is 12.4 Å². The number of imidazole rings is 1. The van der Waals surface area contributed by atoms with Gasteiger partial charge in [-0.05, 0) is 13.8 Å². The minimum atomic E-state index is 0.561. The van der Waals surface area contributed by atoms with Gasteiger partial charge in [-0.3, -0.25) is 0 Å². The highest BCUT2D eigenvalue weighted by atomic mass is 15.3. The molecular formula is C10H18N4. The average Bonchev–Trinajstić information content (AvgIpc) is 2.65. The van der Waals surface area contributed by atoms with Crippen molar-refractivity contribution in [2.75, 3.05) is 24.5 Å². The van der Waals surface area contributed by atoms with Gasteiger partial charge in [-0.2, -0.15) is 0 Å².